The third-order valence-corrected chi connectivity index (χ3v) is 8.36. The zero-order valence-electron chi connectivity index (χ0n) is 15.1. The van der Waals surface area contributed by atoms with E-state index in [0.717, 1.165) is 11.8 Å². The second-order valence-corrected chi connectivity index (χ2v) is 9.61. The Hall–Kier alpha value is -2.89. The molecule has 4 aromatic carbocycles. The summed E-state index contributed by atoms with van der Waals surface area (Å²) in [5, 5.41) is 2.62. The van der Waals surface area contributed by atoms with Crippen LogP contribution < -0.4 is 10.6 Å². The molecule has 1 nitrogen and oxygen atoms in total. The van der Waals surface area contributed by atoms with E-state index in [1.165, 1.54) is 16.2 Å². The lowest BCUT2D eigenvalue weighted by atomic mass is 10.2. The maximum atomic E-state index is 5.44. The first-order valence-electron chi connectivity index (χ1n) is 9.18. The largest absolute Gasteiger partial charge is 0.258 e. The van der Waals surface area contributed by atoms with Gasteiger partial charge in [-0.1, -0.05) is 109 Å². The minimum atomic E-state index is -2.02. The quantitative estimate of drug-likeness (QED) is 0.363. The molecule has 0 saturated heterocycles. The molecular formula is C25H22NP. The average molecular weight is 367 g/mol. The first-order valence-corrected chi connectivity index (χ1v) is 11.1. The summed E-state index contributed by atoms with van der Waals surface area (Å²) in [6, 6.07) is 42.7. The lowest BCUT2D eigenvalue weighted by Crippen LogP contribution is -2.17. The van der Waals surface area contributed by atoms with Crippen LogP contribution in [0.2, 0.25) is 0 Å². The van der Waals surface area contributed by atoms with Crippen LogP contribution in [0.4, 0.5) is 5.69 Å². The Morgan fingerprint density at radius 1 is 0.481 bits per heavy atom. The second kappa shape index (κ2) is 8.20. The van der Waals surface area contributed by atoms with Crippen molar-refractivity contribution in [3.8, 4) is 0 Å². The Kier molecular flexibility index (Phi) is 5.32. The van der Waals surface area contributed by atoms with E-state index in [4.69, 9.17) is 4.74 Å². The molecule has 0 atom stereocenters. The highest BCUT2D eigenvalue weighted by molar-refractivity contribution is 7.80. The fourth-order valence-corrected chi connectivity index (χ4v) is 6.93. The normalized spacial score (nSPS) is 11.1. The van der Waals surface area contributed by atoms with Crippen LogP contribution in [-0.4, -0.2) is 0 Å². The summed E-state index contributed by atoms with van der Waals surface area (Å²) in [7, 11) is -2.02. The van der Waals surface area contributed by atoms with E-state index in [1.807, 2.05) is 6.07 Å². The maximum absolute atomic E-state index is 5.44. The lowest BCUT2D eigenvalue weighted by molar-refractivity contribution is 1.38. The highest BCUT2D eigenvalue weighted by Crippen LogP contribution is 2.52. The SMILES string of the molecule is c1ccc(CP(=Nc2ccccc2)(c2ccccc2)c2ccccc2)cc1. The van der Waals surface area contributed by atoms with E-state index in [2.05, 4.69) is 115 Å². The predicted octanol–water partition coefficient (Wildman–Crippen LogP) is 6.37. The molecule has 0 bridgehead atoms. The summed E-state index contributed by atoms with van der Waals surface area (Å²) in [5.41, 5.74) is 2.35. The molecule has 0 saturated carbocycles. The van der Waals surface area contributed by atoms with Crippen molar-refractivity contribution in [3.05, 3.63) is 127 Å². The van der Waals surface area contributed by atoms with Crippen molar-refractivity contribution in [3.63, 3.8) is 0 Å². The van der Waals surface area contributed by atoms with Gasteiger partial charge in [0.15, 0.2) is 0 Å². The molecule has 0 radical (unpaired) electrons. The average Bonchev–Trinajstić information content (AvgIpc) is 2.76. The molecule has 0 spiro atoms. The van der Waals surface area contributed by atoms with Crippen LogP contribution in [0.25, 0.3) is 0 Å². The van der Waals surface area contributed by atoms with Crippen LogP contribution in [-0.2, 0) is 6.16 Å². The van der Waals surface area contributed by atoms with Crippen molar-refractivity contribution in [2.24, 2.45) is 4.74 Å². The van der Waals surface area contributed by atoms with Gasteiger partial charge in [-0.3, -0.25) is 4.74 Å². The smallest absolute Gasteiger partial charge is 0.0621 e. The fourth-order valence-electron chi connectivity index (χ4n) is 3.37. The van der Waals surface area contributed by atoms with E-state index >= 15 is 0 Å². The van der Waals surface area contributed by atoms with Gasteiger partial charge in [0.2, 0.25) is 0 Å². The number of rotatable bonds is 5. The van der Waals surface area contributed by atoms with Crippen molar-refractivity contribution in [2.75, 3.05) is 0 Å². The van der Waals surface area contributed by atoms with Gasteiger partial charge in [-0.2, -0.15) is 0 Å². The van der Waals surface area contributed by atoms with Crippen LogP contribution in [0.5, 0.6) is 0 Å². The van der Waals surface area contributed by atoms with Crippen molar-refractivity contribution >= 4 is 23.4 Å². The first-order chi connectivity index (χ1) is 13.4. The van der Waals surface area contributed by atoms with Gasteiger partial charge in [0.1, 0.15) is 0 Å². The molecule has 0 aliphatic rings. The summed E-state index contributed by atoms with van der Waals surface area (Å²) in [5.74, 6) is 0. The zero-order valence-corrected chi connectivity index (χ0v) is 16.0. The van der Waals surface area contributed by atoms with Crippen LogP contribution >= 0.6 is 7.05 Å². The molecule has 27 heavy (non-hydrogen) atoms. The summed E-state index contributed by atoms with van der Waals surface area (Å²) in [6.45, 7) is 0. The number of nitrogens with zero attached hydrogens (tertiary/aromatic N) is 1. The van der Waals surface area contributed by atoms with Gasteiger partial charge < -0.3 is 0 Å². The molecular weight excluding hydrogens is 345 g/mol. The van der Waals surface area contributed by atoms with Crippen LogP contribution in [0.3, 0.4) is 0 Å². The lowest BCUT2D eigenvalue weighted by Gasteiger charge is -2.26. The molecule has 0 unspecified atom stereocenters. The number of benzene rings is 4. The summed E-state index contributed by atoms with van der Waals surface area (Å²) in [6.07, 6.45) is 0.913. The molecule has 132 valence electrons. The van der Waals surface area contributed by atoms with Gasteiger partial charge in [-0.15, -0.1) is 0 Å². The van der Waals surface area contributed by atoms with Gasteiger partial charge >= 0.3 is 0 Å². The molecule has 0 fully saturated rings. The molecule has 0 aromatic heterocycles. The van der Waals surface area contributed by atoms with Crippen molar-refractivity contribution in [2.45, 2.75) is 6.16 Å². The fraction of sp³-hybridized carbons (Fsp3) is 0.0400. The summed E-state index contributed by atoms with van der Waals surface area (Å²) < 4.78 is 5.44. The van der Waals surface area contributed by atoms with E-state index in [1.54, 1.807) is 0 Å². The Labute approximate surface area is 161 Å². The van der Waals surface area contributed by atoms with Crippen molar-refractivity contribution in [1.29, 1.82) is 0 Å². The molecule has 2 heteroatoms. The number of hydrogen-bond donors (Lipinski definition) is 0. The van der Waals surface area contributed by atoms with Crippen LogP contribution in [0, 0.1) is 0 Å². The minimum absolute atomic E-state index is 0.913. The first kappa shape index (κ1) is 17.5. The third-order valence-electron chi connectivity index (χ3n) is 4.66. The van der Waals surface area contributed by atoms with E-state index < -0.39 is 7.05 Å². The topological polar surface area (TPSA) is 12.4 Å². The molecule has 0 amide bonds. The Morgan fingerprint density at radius 3 is 1.37 bits per heavy atom. The van der Waals surface area contributed by atoms with Gasteiger partial charge in [0.05, 0.1) is 5.69 Å². The molecule has 4 aromatic rings. The van der Waals surface area contributed by atoms with Crippen LogP contribution in [0.15, 0.2) is 126 Å². The zero-order chi connectivity index (χ0) is 18.4. The standard InChI is InChI=1S/C25H22NP/c1-5-13-22(14-6-1)21-27(24-17-9-3-10-18-24,25-19-11-4-12-20-25)26-23-15-7-2-8-16-23/h1-20H,21H2. The van der Waals surface area contributed by atoms with Crippen molar-refractivity contribution < 1.29 is 0 Å². The molecule has 0 N–H and O–H groups in total. The monoisotopic (exact) mass is 367 g/mol. The van der Waals surface area contributed by atoms with Gasteiger partial charge in [-0.25, -0.2) is 0 Å². The second-order valence-electron chi connectivity index (χ2n) is 6.52. The molecule has 0 heterocycles. The van der Waals surface area contributed by atoms with Crippen LogP contribution in [0.1, 0.15) is 5.56 Å². The highest BCUT2D eigenvalue weighted by atomic mass is 31.2. The summed E-state index contributed by atoms with van der Waals surface area (Å²) >= 11 is 0. The molecule has 4 rings (SSSR count). The van der Waals surface area contributed by atoms with Gasteiger partial charge in [-0.05, 0) is 28.3 Å². The minimum Gasteiger partial charge on any atom is -0.258 e. The molecule has 0 aliphatic heterocycles. The van der Waals surface area contributed by atoms with Gasteiger partial charge in [0, 0.05) is 13.2 Å². The maximum Gasteiger partial charge on any atom is 0.0621 e. The number of hydrogen-bond acceptors (Lipinski definition) is 1. The van der Waals surface area contributed by atoms with Gasteiger partial charge in [0.25, 0.3) is 0 Å². The summed E-state index contributed by atoms with van der Waals surface area (Å²) in [4.78, 5) is 0. The van der Waals surface area contributed by atoms with Crippen molar-refractivity contribution in [1.82, 2.24) is 0 Å². The molecule has 0 aliphatic carbocycles. The Bertz CT molecular complexity index is 983. The Morgan fingerprint density at radius 2 is 0.889 bits per heavy atom. The van der Waals surface area contributed by atoms with E-state index in [-0.39, 0.29) is 0 Å². The van der Waals surface area contributed by atoms with E-state index in [9.17, 15) is 0 Å². The third kappa shape index (κ3) is 3.94. The predicted molar refractivity (Wildman–Crippen MR) is 118 cm³/mol. The highest BCUT2D eigenvalue weighted by Gasteiger charge is 2.25. The van der Waals surface area contributed by atoms with E-state index in [0.29, 0.717) is 0 Å². The Balaban J connectivity index is 2.01.